The first-order valence-electron chi connectivity index (χ1n) is 6.71. The molecule has 112 valence electrons. The number of carboxylic acid groups (broad SMARTS) is 2. The van der Waals surface area contributed by atoms with Crippen molar-refractivity contribution in [1.82, 2.24) is 0 Å². The molecule has 2 N–H and O–H groups in total. The molecule has 0 aromatic heterocycles. The lowest BCUT2D eigenvalue weighted by Crippen LogP contribution is -2.48. The maximum atomic E-state index is 11.7. The van der Waals surface area contributed by atoms with Crippen LogP contribution in [0.2, 0.25) is 0 Å². The van der Waals surface area contributed by atoms with Crippen molar-refractivity contribution in [2.75, 3.05) is 7.11 Å². The Morgan fingerprint density at radius 3 is 2.57 bits per heavy atom. The lowest BCUT2D eigenvalue weighted by molar-refractivity contribution is -0.168. The van der Waals surface area contributed by atoms with Gasteiger partial charge < -0.3 is 14.9 Å². The standard InChI is InChI=1S/C16H18O5/c1-10-7-8-11-5-3-4-6-12(11)16(10,21-2)13(15(19)20)9-14(17)18/h3-8,10,13H,9H2,1-2H3,(H,17,18)(H,19,20). The van der Waals surface area contributed by atoms with Gasteiger partial charge in [-0.2, -0.15) is 0 Å². The van der Waals surface area contributed by atoms with Gasteiger partial charge in [0.1, 0.15) is 11.5 Å². The van der Waals surface area contributed by atoms with Gasteiger partial charge in [0, 0.05) is 13.0 Å². The van der Waals surface area contributed by atoms with E-state index in [0.717, 1.165) is 11.1 Å². The van der Waals surface area contributed by atoms with Crippen LogP contribution in [0.4, 0.5) is 0 Å². The number of aliphatic carboxylic acids is 2. The Bertz CT molecular complexity index is 592. The number of benzene rings is 1. The van der Waals surface area contributed by atoms with E-state index >= 15 is 0 Å². The van der Waals surface area contributed by atoms with Crippen molar-refractivity contribution in [3.05, 3.63) is 41.5 Å². The van der Waals surface area contributed by atoms with E-state index in [9.17, 15) is 14.7 Å². The van der Waals surface area contributed by atoms with Crippen LogP contribution in [0, 0.1) is 11.8 Å². The number of fused-ring (bicyclic) bond motifs is 1. The number of hydrogen-bond acceptors (Lipinski definition) is 3. The van der Waals surface area contributed by atoms with Gasteiger partial charge in [-0.1, -0.05) is 43.3 Å². The fourth-order valence-electron chi connectivity index (χ4n) is 3.17. The fraction of sp³-hybridized carbons (Fsp3) is 0.375. The summed E-state index contributed by atoms with van der Waals surface area (Å²) < 4.78 is 5.65. The highest BCUT2D eigenvalue weighted by atomic mass is 16.5. The average Bonchev–Trinajstić information content (AvgIpc) is 2.45. The van der Waals surface area contributed by atoms with Gasteiger partial charge in [-0.25, -0.2) is 0 Å². The molecule has 21 heavy (non-hydrogen) atoms. The Morgan fingerprint density at radius 1 is 1.33 bits per heavy atom. The molecule has 0 amide bonds. The zero-order valence-electron chi connectivity index (χ0n) is 11.9. The van der Waals surface area contributed by atoms with Crippen LogP contribution >= 0.6 is 0 Å². The van der Waals surface area contributed by atoms with Gasteiger partial charge >= 0.3 is 11.9 Å². The monoisotopic (exact) mass is 290 g/mol. The fourth-order valence-corrected chi connectivity index (χ4v) is 3.17. The summed E-state index contributed by atoms with van der Waals surface area (Å²) in [5.74, 6) is -3.74. The molecule has 0 bridgehead atoms. The predicted octanol–water partition coefficient (Wildman–Crippen LogP) is 2.37. The molecule has 3 unspecified atom stereocenters. The molecule has 1 aromatic rings. The third-order valence-electron chi connectivity index (χ3n) is 4.15. The minimum atomic E-state index is -1.18. The third-order valence-corrected chi connectivity index (χ3v) is 4.15. The second-order valence-corrected chi connectivity index (χ2v) is 5.22. The average molecular weight is 290 g/mol. The Hall–Kier alpha value is -2.14. The maximum Gasteiger partial charge on any atom is 0.310 e. The molecule has 0 aliphatic heterocycles. The summed E-state index contributed by atoms with van der Waals surface area (Å²) in [7, 11) is 1.43. The first-order valence-corrected chi connectivity index (χ1v) is 6.71. The first kappa shape index (κ1) is 15.3. The van der Waals surface area contributed by atoms with E-state index in [0.29, 0.717) is 0 Å². The minimum absolute atomic E-state index is 0.252. The zero-order chi connectivity index (χ0) is 15.6. The van der Waals surface area contributed by atoms with Crippen LogP contribution in [0.3, 0.4) is 0 Å². The van der Waals surface area contributed by atoms with Gasteiger partial charge in [0.2, 0.25) is 0 Å². The van der Waals surface area contributed by atoms with E-state index in [2.05, 4.69) is 0 Å². The quantitative estimate of drug-likeness (QED) is 0.869. The second kappa shape index (κ2) is 5.69. The lowest BCUT2D eigenvalue weighted by atomic mass is 9.67. The van der Waals surface area contributed by atoms with Crippen LogP contribution in [-0.4, -0.2) is 29.3 Å². The number of ether oxygens (including phenoxy) is 1. The highest BCUT2D eigenvalue weighted by molar-refractivity contribution is 5.80. The number of carboxylic acids is 2. The largest absolute Gasteiger partial charge is 0.481 e. The molecular weight excluding hydrogens is 272 g/mol. The molecule has 1 aliphatic rings. The maximum absolute atomic E-state index is 11.7. The van der Waals surface area contributed by atoms with Crippen molar-refractivity contribution in [3.63, 3.8) is 0 Å². The molecule has 2 rings (SSSR count). The summed E-state index contributed by atoms with van der Waals surface area (Å²) in [6.45, 7) is 1.84. The molecule has 0 spiro atoms. The summed E-state index contributed by atoms with van der Waals surface area (Å²) in [4.78, 5) is 22.8. The van der Waals surface area contributed by atoms with Crippen molar-refractivity contribution in [1.29, 1.82) is 0 Å². The highest BCUT2D eigenvalue weighted by Gasteiger charge is 2.51. The smallest absolute Gasteiger partial charge is 0.310 e. The van der Waals surface area contributed by atoms with E-state index in [-0.39, 0.29) is 5.92 Å². The predicted molar refractivity (Wildman–Crippen MR) is 76.7 cm³/mol. The third kappa shape index (κ3) is 2.45. The Morgan fingerprint density at radius 2 is 2.00 bits per heavy atom. The van der Waals surface area contributed by atoms with Crippen molar-refractivity contribution in [2.24, 2.45) is 11.8 Å². The molecule has 0 heterocycles. The van der Waals surface area contributed by atoms with Crippen LogP contribution in [0.5, 0.6) is 0 Å². The summed E-state index contributed by atoms with van der Waals surface area (Å²) in [6.07, 6.45) is 3.29. The molecule has 3 atom stereocenters. The van der Waals surface area contributed by atoms with E-state index in [1.54, 1.807) is 12.1 Å². The van der Waals surface area contributed by atoms with Gasteiger partial charge in [0.25, 0.3) is 0 Å². The molecule has 5 nitrogen and oxygen atoms in total. The SMILES string of the molecule is COC1(C(CC(=O)O)C(=O)O)c2ccccc2C=CC1C. The minimum Gasteiger partial charge on any atom is -0.481 e. The number of hydrogen-bond donors (Lipinski definition) is 2. The molecule has 0 fully saturated rings. The van der Waals surface area contributed by atoms with E-state index in [4.69, 9.17) is 9.84 Å². The van der Waals surface area contributed by atoms with E-state index in [1.165, 1.54) is 7.11 Å². The summed E-state index contributed by atoms with van der Waals surface area (Å²) in [6, 6.07) is 7.33. The normalized spacial score (nSPS) is 25.1. The van der Waals surface area contributed by atoms with E-state index < -0.39 is 29.9 Å². The number of rotatable bonds is 5. The topological polar surface area (TPSA) is 83.8 Å². The van der Waals surface area contributed by atoms with Gasteiger partial charge in [-0.3, -0.25) is 9.59 Å². The van der Waals surface area contributed by atoms with Crippen molar-refractivity contribution in [2.45, 2.75) is 18.9 Å². The van der Waals surface area contributed by atoms with Crippen LogP contribution in [0.1, 0.15) is 24.5 Å². The van der Waals surface area contributed by atoms with Gasteiger partial charge in [-0.05, 0) is 11.1 Å². The Balaban J connectivity index is 2.64. The molecule has 5 heteroatoms. The molecule has 1 aromatic carbocycles. The Labute approximate surface area is 122 Å². The van der Waals surface area contributed by atoms with Crippen LogP contribution < -0.4 is 0 Å². The summed E-state index contributed by atoms with van der Waals surface area (Å²) >= 11 is 0. The van der Waals surface area contributed by atoms with Crippen LogP contribution in [-0.2, 0) is 19.9 Å². The molecular formula is C16H18O5. The van der Waals surface area contributed by atoms with E-state index in [1.807, 2.05) is 31.2 Å². The molecule has 0 saturated carbocycles. The first-order chi connectivity index (χ1) is 9.93. The van der Waals surface area contributed by atoms with Crippen molar-refractivity contribution in [3.8, 4) is 0 Å². The Kier molecular flexibility index (Phi) is 4.14. The van der Waals surface area contributed by atoms with Crippen molar-refractivity contribution < 1.29 is 24.5 Å². The summed E-state index contributed by atoms with van der Waals surface area (Å²) in [5.41, 5.74) is 0.389. The highest BCUT2D eigenvalue weighted by Crippen LogP contribution is 2.47. The number of carbonyl (C=O) groups is 2. The van der Waals surface area contributed by atoms with Crippen LogP contribution in [0.15, 0.2) is 30.3 Å². The zero-order valence-corrected chi connectivity index (χ0v) is 11.9. The lowest BCUT2D eigenvalue weighted by Gasteiger charge is -2.44. The second-order valence-electron chi connectivity index (χ2n) is 5.22. The molecule has 0 saturated heterocycles. The van der Waals surface area contributed by atoms with Crippen molar-refractivity contribution >= 4 is 18.0 Å². The summed E-state index contributed by atoms with van der Waals surface area (Å²) in [5, 5.41) is 18.6. The molecule has 0 radical (unpaired) electrons. The van der Waals surface area contributed by atoms with Gasteiger partial charge in [-0.15, -0.1) is 0 Å². The van der Waals surface area contributed by atoms with Crippen LogP contribution in [0.25, 0.3) is 6.08 Å². The molecule has 1 aliphatic carbocycles. The number of methoxy groups -OCH3 is 1. The van der Waals surface area contributed by atoms with Gasteiger partial charge in [0.05, 0.1) is 6.42 Å². The van der Waals surface area contributed by atoms with Gasteiger partial charge in [0.15, 0.2) is 0 Å².